The Bertz CT molecular complexity index is 726. The molecule has 3 rings (SSSR count). The van der Waals surface area contributed by atoms with E-state index in [9.17, 15) is 8.42 Å². The van der Waals surface area contributed by atoms with E-state index < -0.39 is 10.0 Å². The molecule has 1 aromatic heterocycles. The van der Waals surface area contributed by atoms with Gasteiger partial charge in [-0.2, -0.15) is 0 Å². The topological polar surface area (TPSA) is 64.0 Å². The highest BCUT2D eigenvalue weighted by Gasteiger charge is 2.32. The van der Waals surface area contributed by atoms with Crippen molar-refractivity contribution in [1.82, 2.24) is 14.3 Å². The van der Waals surface area contributed by atoms with Crippen molar-refractivity contribution in [3.05, 3.63) is 48.5 Å². The summed E-state index contributed by atoms with van der Waals surface area (Å²) >= 11 is 0. The highest BCUT2D eigenvalue weighted by Crippen LogP contribution is 2.29. The summed E-state index contributed by atoms with van der Waals surface area (Å²) in [5, 5.41) is -0.247. The molecule has 1 aliphatic carbocycles. The quantitative estimate of drug-likeness (QED) is 0.921. The van der Waals surface area contributed by atoms with E-state index in [2.05, 4.69) is 16.6 Å². The zero-order valence-electron chi connectivity index (χ0n) is 12.6. The second-order valence-electron chi connectivity index (χ2n) is 6.01. The van der Waals surface area contributed by atoms with Gasteiger partial charge in [0.25, 0.3) is 0 Å². The van der Waals surface area contributed by atoms with Crippen molar-refractivity contribution in [1.29, 1.82) is 0 Å². The average Bonchev–Trinajstić information content (AvgIpc) is 3.17. The molecular formula is C16H21N3O2S. The Balaban J connectivity index is 1.75. The van der Waals surface area contributed by atoms with Crippen LogP contribution in [0.4, 0.5) is 0 Å². The summed E-state index contributed by atoms with van der Waals surface area (Å²) in [6.45, 7) is 2.42. The molecule has 2 unspecified atom stereocenters. The number of hydrogen-bond acceptors (Lipinski definition) is 3. The fraction of sp³-hybridized carbons (Fsp3) is 0.438. The smallest absolute Gasteiger partial charge is 0.214 e. The molecule has 2 atom stereocenters. The second kappa shape index (κ2) is 6.22. The van der Waals surface area contributed by atoms with Crippen molar-refractivity contribution in [2.75, 3.05) is 0 Å². The fourth-order valence-corrected chi connectivity index (χ4v) is 4.67. The van der Waals surface area contributed by atoms with E-state index in [-0.39, 0.29) is 5.25 Å². The van der Waals surface area contributed by atoms with E-state index in [1.807, 2.05) is 35.0 Å². The number of nitrogens with zero attached hydrogens (tertiary/aromatic N) is 2. The minimum absolute atomic E-state index is 0.247. The van der Waals surface area contributed by atoms with Crippen LogP contribution in [-0.4, -0.2) is 23.2 Å². The van der Waals surface area contributed by atoms with Crippen LogP contribution in [-0.2, 0) is 16.6 Å². The van der Waals surface area contributed by atoms with Crippen LogP contribution in [0.2, 0.25) is 0 Å². The number of para-hydroxylation sites is 1. The third-order valence-electron chi connectivity index (χ3n) is 4.32. The molecule has 0 aliphatic heterocycles. The first-order chi connectivity index (χ1) is 10.6. The average molecular weight is 319 g/mol. The number of sulfonamides is 1. The summed E-state index contributed by atoms with van der Waals surface area (Å²) in [6, 6.07) is 7.76. The SMILES string of the molecule is CC1CCC(S(=O)(=O)NCc2ccccc2-n2ccnc2)C1. The summed E-state index contributed by atoms with van der Waals surface area (Å²) in [6.07, 6.45) is 7.80. The van der Waals surface area contributed by atoms with Crippen molar-refractivity contribution in [3.8, 4) is 5.69 Å². The van der Waals surface area contributed by atoms with Crippen LogP contribution in [0.25, 0.3) is 5.69 Å². The third-order valence-corrected chi connectivity index (χ3v) is 6.18. The monoisotopic (exact) mass is 319 g/mol. The molecule has 118 valence electrons. The molecule has 5 nitrogen and oxygen atoms in total. The van der Waals surface area contributed by atoms with Crippen LogP contribution in [0.5, 0.6) is 0 Å². The minimum atomic E-state index is -3.25. The predicted molar refractivity (Wildman–Crippen MR) is 86.1 cm³/mol. The van der Waals surface area contributed by atoms with Gasteiger partial charge in [0.15, 0.2) is 0 Å². The lowest BCUT2D eigenvalue weighted by Crippen LogP contribution is -2.32. The lowest BCUT2D eigenvalue weighted by atomic mass is 10.1. The Labute approximate surface area is 131 Å². The van der Waals surface area contributed by atoms with Crippen LogP contribution in [0.1, 0.15) is 31.7 Å². The first kappa shape index (κ1) is 15.2. The molecule has 2 aromatic rings. The molecule has 1 saturated carbocycles. The number of aromatic nitrogens is 2. The summed E-state index contributed by atoms with van der Waals surface area (Å²) < 4.78 is 29.5. The Kier molecular flexibility index (Phi) is 4.31. The van der Waals surface area contributed by atoms with Gasteiger partial charge in [0, 0.05) is 18.9 Å². The zero-order chi connectivity index (χ0) is 15.6. The first-order valence-electron chi connectivity index (χ1n) is 7.61. The van der Waals surface area contributed by atoms with Gasteiger partial charge in [0.1, 0.15) is 0 Å². The van der Waals surface area contributed by atoms with Gasteiger partial charge in [-0.1, -0.05) is 25.1 Å². The maximum absolute atomic E-state index is 12.4. The maximum atomic E-state index is 12.4. The van der Waals surface area contributed by atoms with E-state index in [1.165, 1.54) is 0 Å². The molecule has 0 spiro atoms. The molecule has 1 aromatic carbocycles. The molecule has 1 N–H and O–H groups in total. The van der Waals surface area contributed by atoms with Crippen LogP contribution in [0.15, 0.2) is 43.0 Å². The standard InChI is InChI=1S/C16H21N3O2S/c1-13-6-7-15(10-13)22(20,21)18-11-14-4-2-3-5-16(14)19-9-8-17-12-19/h2-5,8-9,12-13,15,18H,6-7,10-11H2,1H3. The van der Waals surface area contributed by atoms with Crippen molar-refractivity contribution in [2.45, 2.75) is 38.0 Å². The van der Waals surface area contributed by atoms with E-state index in [1.54, 1.807) is 12.5 Å². The minimum Gasteiger partial charge on any atom is -0.306 e. The molecule has 0 saturated heterocycles. The fourth-order valence-electron chi connectivity index (χ4n) is 3.05. The van der Waals surface area contributed by atoms with Gasteiger partial charge < -0.3 is 4.57 Å². The molecule has 6 heteroatoms. The normalized spacial score (nSPS) is 22.0. The number of hydrogen-bond donors (Lipinski definition) is 1. The molecule has 1 aliphatic rings. The van der Waals surface area contributed by atoms with Gasteiger partial charge in [0.2, 0.25) is 10.0 Å². The van der Waals surface area contributed by atoms with E-state index in [0.717, 1.165) is 30.5 Å². The van der Waals surface area contributed by atoms with Crippen LogP contribution in [0, 0.1) is 5.92 Å². The number of nitrogens with one attached hydrogen (secondary N) is 1. The van der Waals surface area contributed by atoms with E-state index in [0.29, 0.717) is 12.5 Å². The lowest BCUT2D eigenvalue weighted by Gasteiger charge is -2.15. The Hall–Kier alpha value is -1.66. The number of imidazole rings is 1. The number of benzene rings is 1. The Morgan fingerprint density at radius 1 is 1.32 bits per heavy atom. The summed E-state index contributed by atoms with van der Waals surface area (Å²) in [7, 11) is -3.25. The Morgan fingerprint density at radius 2 is 2.14 bits per heavy atom. The van der Waals surface area contributed by atoms with E-state index >= 15 is 0 Å². The summed E-state index contributed by atoms with van der Waals surface area (Å²) in [4.78, 5) is 4.04. The maximum Gasteiger partial charge on any atom is 0.214 e. The summed E-state index contributed by atoms with van der Waals surface area (Å²) in [5.74, 6) is 0.500. The lowest BCUT2D eigenvalue weighted by molar-refractivity contribution is 0.557. The molecule has 1 fully saturated rings. The van der Waals surface area contributed by atoms with Crippen LogP contribution < -0.4 is 4.72 Å². The van der Waals surface area contributed by atoms with Gasteiger partial charge in [0.05, 0.1) is 17.3 Å². The molecule has 0 bridgehead atoms. The Morgan fingerprint density at radius 3 is 2.82 bits per heavy atom. The van der Waals surface area contributed by atoms with Gasteiger partial charge in [-0.15, -0.1) is 0 Å². The molecular weight excluding hydrogens is 298 g/mol. The largest absolute Gasteiger partial charge is 0.306 e. The van der Waals surface area contributed by atoms with Crippen molar-refractivity contribution in [3.63, 3.8) is 0 Å². The van der Waals surface area contributed by atoms with Crippen LogP contribution >= 0.6 is 0 Å². The molecule has 0 radical (unpaired) electrons. The highest BCUT2D eigenvalue weighted by molar-refractivity contribution is 7.90. The first-order valence-corrected chi connectivity index (χ1v) is 9.15. The van der Waals surface area contributed by atoms with Crippen LogP contribution in [0.3, 0.4) is 0 Å². The predicted octanol–water partition coefficient (Wildman–Crippen LogP) is 2.48. The van der Waals surface area contributed by atoms with Crippen molar-refractivity contribution >= 4 is 10.0 Å². The van der Waals surface area contributed by atoms with Gasteiger partial charge in [-0.3, -0.25) is 0 Å². The zero-order valence-corrected chi connectivity index (χ0v) is 13.5. The summed E-state index contributed by atoms with van der Waals surface area (Å²) in [5.41, 5.74) is 1.89. The van der Waals surface area contributed by atoms with Gasteiger partial charge in [-0.25, -0.2) is 18.1 Å². The number of rotatable bonds is 5. The molecule has 1 heterocycles. The highest BCUT2D eigenvalue weighted by atomic mass is 32.2. The van der Waals surface area contributed by atoms with E-state index in [4.69, 9.17) is 0 Å². The third kappa shape index (κ3) is 3.23. The molecule has 22 heavy (non-hydrogen) atoms. The molecule has 0 amide bonds. The van der Waals surface area contributed by atoms with Crippen molar-refractivity contribution < 1.29 is 8.42 Å². The van der Waals surface area contributed by atoms with Gasteiger partial charge in [-0.05, 0) is 36.8 Å². The second-order valence-corrected chi connectivity index (χ2v) is 8.05. The van der Waals surface area contributed by atoms with Gasteiger partial charge >= 0.3 is 0 Å². The van der Waals surface area contributed by atoms with Crippen molar-refractivity contribution in [2.24, 2.45) is 5.92 Å².